The van der Waals surface area contributed by atoms with Crippen molar-refractivity contribution in [3.63, 3.8) is 0 Å². The third kappa shape index (κ3) is 2.07. The monoisotopic (exact) mass is 206 g/mol. The van der Waals surface area contributed by atoms with Gasteiger partial charge in [-0.25, -0.2) is 9.97 Å². The maximum Gasteiger partial charge on any atom is 0.134 e. The van der Waals surface area contributed by atoms with Gasteiger partial charge in [0.25, 0.3) is 0 Å². The molecule has 0 aliphatic rings. The molecule has 0 aliphatic carbocycles. The van der Waals surface area contributed by atoms with Gasteiger partial charge >= 0.3 is 0 Å². The first-order valence-corrected chi connectivity index (χ1v) is 4.88. The summed E-state index contributed by atoms with van der Waals surface area (Å²) in [6, 6.07) is 0. The molecule has 0 radical (unpaired) electrons. The minimum Gasteiger partial charge on any atom is -0.388 e. The molecule has 80 valence electrons. The molecule has 0 bridgehead atoms. The first-order valence-electron chi connectivity index (χ1n) is 4.88. The Morgan fingerprint density at radius 2 is 1.93 bits per heavy atom. The molecule has 0 spiro atoms. The third-order valence-electron chi connectivity index (χ3n) is 2.44. The maximum absolute atomic E-state index is 9.01. The lowest BCUT2D eigenvalue weighted by Gasteiger charge is -2.05. The van der Waals surface area contributed by atoms with Crippen LogP contribution in [0.4, 0.5) is 0 Å². The molecule has 0 atom stereocenters. The van der Waals surface area contributed by atoms with E-state index in [-0.39, 0.29) is 6.61 Å². The van der Waals surface area contributed by atoms with E-state index >= 15 is 0 Å². The molecule has 2 rings (SSSR count). The van der Waals surface area contributed by atoms with Gasteiger partial charge in [-0.2, -0.15) is 0 Å². The Morgan fingerprint density at radius 3 is 2.60 bits per heavy atom. The van der Waals surface area contributed by atoms with Gasteiger partial charge in [0.1, 0.15) is 18.3 Å². The van der Waals surface area contributed by atoms with Gasteiger partial charge in [-0.05, 0) is 0 Å². The fourth-order valence-corrected chi connectivity index (χ4v) is 1.55. The second kappa shape index (κ2) is 4.27. The van der Waals surface area contributed by atoms with E-state index in [9.17, 15) is 0 Å². The predicted octanol–water partition coefficient (Wildman–Crippen LogP) is 0.352. The maximum atomic E-state index is 9.01. The van der Waals surface area contributed by atoms with Crippen molar-refractivity contribution in [2.45, 2.75) is 19.6 Å². The first kappa shape index (κ1) is 9.92. The Morgan fingerprint density at radius 1 is 1.20 bits per heavy atom. The van der Waals surface area contributed by atoms with Crippen molar-refractivity contribution in [1.29, 1.82) is 0 Å². The molecule has 1 N–H and O–H groups in total. The molecule has 0 saturated heterocycles. The van der Waals surface area contributed by atoms with Gasteiger partial charge in [-0.1, -0.05) is 0 Å². The molecule has 0 aliphatic heterocycles. The average Bonchev–Trinajstić information content (AvgIpc) is 2.83. The minimum atomic E-state index is -0.0203. The summed E-state index contributed by atoms with van der Waals surface area (Å²) in [6.45, 7) is 0.772. The first-order chi connectivity index (χ1) is 7.31. The van der Waals surface area contributed by atoms with Crippen LogP contribution in [-0.4, -0.2) is 24.2 Å². The van der Waals surface area contributed by atoms with Crippen LogP contribution in [0.3, 0.4) is 0 Å². The Balaban J connectivity index is 2.02. The summed E-state index contributed by atoms with van der Waals surface area (Å²) in [7, 11) is 1.98. The lowest BCUT2D eigenvalue weighted by molar-refractivity contribution is 0.265. The van der Waals surface area contributed by atoms with E-state index in [1.54, 1.807) is 12.4 Å². The van der Waals surface area contributed by atoms with Crippen LogP contribution in [-0.2, 0) is 26.6 Å². The van der Waals surface area contributed by atoms with Crippen molar-refractivity contribution in [1.82, 2.24) is 19.1 Å². The largest absolute Gasteiger partial charge is 0.388 e. The van der Waals surface area contributed by atoms with Gasteiger partial charge < -0.3 is 14.2 Å². The molecule has 5 nitrogen and oxygen atoms in total. The Kier molecular flexibility index (Phi) is 2.82. The highest BCUT2D eigenvalue weighted by Crippen LogP contribution is 2.02. The highest BCUT2D eigenvalue weighted by molar-refractivity contribution is 4.94. The number of imidazole rings is 2. The van der Waals surface area contributed by atoms with E-state index < -0.39 is 0 Å². The smallest absolute Gasteiger partial charge is 0.134 e. The van der Waals surface area contributed by atoms with E-state index in [1.165, 1.54) is 0 Å². The number of nitrogens with zero attached hydrogens (tertiary/aromatic N) is 4. The van der Waals surface area contributed by atoms with Crippen molar-refractivity contribution in [3.05, 3.63) is 36.4 Å². The number of aryl methyl sites for hydroxylation is 3. The van der Waals surface area contributed by atoms with Crippen LogP contribution in [0.1, 0.15) is 11.6 Å². The van der Waals surface area contributed by atoms with E-state index in [4.69, 9.17) is 5.11 Å². The zero-order valence-corrected chi connectivity index (χ0v) is 8.67. The van der Waals surface area contributed by atoms with Crippen molar-refractivity contribution < 1.29 is 5.11 Å². The summed E-state index contributed by atoms with van der Waals surface area (Å²) in [5.74, 6) is 1.73. The summed E-state index contributed by atoms with van der Waals surface area (Å²) < 4.78 is 3.93. The van der Waals surface area contributed by atoms with E-state index in [0.29, 0.717) is 5.82 Å². The normalized spacial score (nSPS) is 10.8. The van der Waals surface area contributed by atoms with Crippen molar-refractivity contribution >= 4 is 0 Å². The number of hydrogen-bond acceptors (Lipinski definition) is 3. The molecule has 15 heavy (non-hydrogen) atoms. The molecular weight excluding hydrogens is 192 g/mol. The van der Waals surface area contributed by atoms with Crippen molar-refractivity contribution in [3.8, 4) is 0 Å². The zero-order chi connectivity index (χ0) is 10.7. The van der Waals surface area contributed by atoms with Gasteiger partial charge in [0, 0.05) is 44.8 Å². The third-order valence-corrected chi connectivity index (χ3v) is 2.44. The molecule has 2 heterocycles. The van der Waals surface area contributed by atoms with Gasteiger partial charge in [-0.15, -0.1) is 0 Å². The molecule has 0 unspecified atom stereocenters. The number of aliphatic hydroxyl groups excluding tert-OH is 1. The lowest BCUT2D eigenvalue weighted by Crippen LogP contribution is -2.08. The average molecular weight is 206 g/mol. The summed E-state index contributed by atoms with van der Waals surface area (Å²) in [6.07, 6.45) is 8.12. The Labute approximate surface area is 88.0 Å². The van der Waals surface area contributed by atoms with Crippen LogP contribution >= 0.6 is 0 Å². The second-order valence-corrected chi connectivity index (χ2v) is 3.40. The minimum absolute atomic E-state index is 0.0203. The zero-order valence-electron chi connectivity index (χ0n) is 8.67. The van der Waals surface area contributed by atoms with E-state index in [0.717, 1.165) is 18.8 Å². The molecule has 0 fully saturated rings. The molecule has 2 aromatic rings. The SMILES string of the molecule is Cn1ccnc1CCn1ccnc1CO. The molecular formula is C10H14N4O. The predicted molar refractivity (Wildman–Crippen MR) is 55.1 cm³/mol. The quantitative estimate of drug-likeness (QED) is 0.785. The Hall–Kier alpha value is -1.62. The van der Waals surface area contributed by atoms with E-state index in [2.05, 4.69) is 9.97 Å². The highest BCUT2D eigenvalue weighted by atomic mass is 16.3. The van der Waals surface area contributed by atoms with Crippen LogP contribution in [0.25, 0.3) is 0 Å². The molecule has 5 heteroatoms. The highest BCUT2D eigenvalue weighted by Gasteiger charge is 2.03. The van der Waals surface area contributed by atoms with Gasteiger partial charge in [0.05, 0.1) is 0 Å². The summed E-state index contributed by atoms with van der Waals surface area (Å²) in [5.41, 5.74) is 0. The van der Waals surface area contributed by atoms with Crippen LogP contribution in [0.2, 0.25) is 0 Å². The van der Waals surface area contributed by atoms with Crippen LogP contribution < -0.4 is 0 Å². The fraction of sp³-hybridized carbons (Fsp3) is 0.400. The van der Waals surface area contributed by atoms with Gasteiger partial charge in [-0.3, -0.25) is 0 Å². The number of rotatable bonds is 4. The van der Waals surface area contributed by atoms with Gasteiger partial charge in [0.2, 0.25) is 0 Å². The van der Waals surface area contributed by atoms with Crippen molar-refractivity contribution in [2.24, 2.45) is 7.05 Å². The molecule has 0 saturated carbocycles. The second-order valence-electron chi connectivity index (χ2n) is 3.40. The van der Waals surface area contributed by atoms with Crippen LogP contribution in [0.15, 0.2) is 24.8 Å². The number of hydrogen-bond donors (Lipinski definition) is 1. The Bertz CT molecular complexity index is 432. The standard InChI is InChI=1S/C10H14N4O/c1-13-6-3-11-9(13)2-5-14-7-4-12-10(14)8-15/h3-4,6-7,15H,2,5,8H2,1H3. The van der Waals surface area contributed by atoms with Crippen LogP contribution in [0, 0.1) is 0 Å². The van der Waals surface area contributed by atoms with Crippen LogP contribution in [0.5, 0.6) is 0 Å². The summed E-state index contributed by atoms with van der Waals surface area (Å²) >= 11 is 0. The molecule has 0 amide bonds. The van der Waals surface area contributed by atoms with E-state index in [1.807, 2.05) is 28.6 Å². The van der Waals surface area contributed by atoms with Crippen molar-refractivity contribution in [2.75, 3.05) is 0 Å². The molecule has 2 aromatic heterocycles. The molecule has 0 aromatic carbocycles. The topological polar surface area (TPSA) is 55.9 Å². The summed E-state index contributed by atoms with van der Waals surface area (Å²) in [4.78, 5) is 8.28. The lowest BCUT2D eigenvalue weighted by atomic mass is 10.4. The number of aliphatic hydroxyl groups is 1. The fourth-order valence-electron chi connectivity index (χ4n) is 1.55. The van der Waals surface area contributed by atoms with Gasteiger partial charge in [0.15, 0.2) is 0 Å². The summed E-state index contributed by atoms with van der Waals surface area (Å²) in [5, 5.41) is 9.01. The number of aromatic nitrogens is 4.